The van der Waals surface area contributed by atoms with Crippen LogP contribution in [-0.2, 0) is 10.3 Å². The first-order chi connectivity index (χ1) is 9.29. The maximum absolute atomic E-state index is 14.3. The van der Waals surface area contributed by atoms with Gasteiger partial charge in [0.05, 0.1) is 5.69 Å². The van der Waals surface area contributed by atoms with Crippen LogP contribution in [-0.4, -0.2) is 46.6 Å². The number of halogens is 3. The average Bonchev–Trinajstić information content (AvgIpc) is 2.36. The van der Waals surface area contributed by atoms with Crippen LogP contribution in [0.1, 0.15) is 5.56 Å². The summed E-state index contributed by atoms with van der Waals surface area (Å²) in [5, 5.41) is 0.759. The van der Waals surface area contributed by atoms with E-state index < -0.39 is 10.3 Å². The fraction of sp³-hybridized carbons (Fsp3) is 0.500. The summed E-state index contributed by atoms with van der Waals surface area (Å²) >= 11 is 11.9. The zero-order valence-electron chi connectivity index (χ0n) is 11.3. The van der Waals surface area contributed by atoms with Crippen LogP contribution >= 0.6 is 23.2 Å². The molecule has 20 heavy (non-hydrogen) atoms. The second-order valence-electron chi connectivity index (χ2n) is 4.79. The largest absolute Gasteiger partial charge is 0.304 e. The lowest BCUT2D eigenvalue weighted by molar-refractivity contribution is 0.222. The molecule has 1 unspecified atom stereocenters. The highest BCUT2D eigenvalue weighted by atomic mass is 35.5. The molecule has 4 nitrogen and oxygen atoms in total. The predicted molar refractivity (Wildman–Crippen MR) is 81.6 cm³/mol. The molecule has 1 aromatic rings. The molecule has 0 spiro atoms. The Balaban J connectivity index is 2.31. The summed E-state index contributed by atoms with van der Waals surface area (Å²) in [6.07, 6.45) is 0. The van der Waals surface area contributed by atoms with Crippen molar-refractivity contribution in [3.8, 4) is 0 Å². The summed E-state index contributed by atoms with van der Waals surface area (Å²) in [4.78, 5) is 2.05. The smallest absolute Gasteiger partial charge is 0.275 e. The molecule has 112 valence electrons. The molecule has 1 aliphatic rings. The second-order valence-corrected chi connectivity index (χ2v) is 7.17. The molecule has 1 atom stereocenters. The van der Waals surface area contributed by atoms with Gasteiger partial charge in [0, 0.05) is 36.2 Å². The van der Waals surface area contributed by atoms with Gasteiger partial charge in [0.1, 0.15) is 0 Å². The molecule has 0 aliphatic carbocycles. The normalized spacial score (nSPS) is 20.6. The van der Waals surface area contributed by atoms with E-state index in [0.717, 1.165) is 0 Å². The summed E-state index contributed by atoms with van der Waals surface area (Å²) in [6, 6.07) is 2.94. The first-order valence-electron chi connectivity index (χ1n) is 6.15. The van der Waals surface area contributed by atoms with Crippen LogP contribution in [0.15, 0.2) is 16.5 Å². The van der Waals surface area contributed by atoms with Crippen molar-refractivity contribution in [1.82, 2.24) is 9.21 Å². The Bertz CT molecular complexity index is 600. The minimum Gasteiger partial charge on any atom is -0.304 e. The third-order valence-corrected chi connectivity index (χ3v) is 5.49. The van der Waals surface area contributed by atoms with Crippen LogP contribution in [0.25, 0.3) is 0 Å². The molecule has 0 radical (unpaired) electrons. The Morgan fingerprint density at radius 1 is 1.20 bits per heavy atom. The summed E-state index contributed by atoms with van der Waals surface area (Å²) < 4.78 is 31.4. The first kappa shape index (κ1) is 16.0. The third kappa shape index (κ3) is 3.62. The van der Waals surface area contributed by atoms with Crippen LogP contribution in [0.2, 0.25) is 10.0 Å². The highest BCUT2D eigenvalue weighted by Gasteiger charge is 2.24. The lowest BCUT2D eigenvalue weighted by Crippen LogP contribution is -2.45. The molecule has 1 heterocycles. The van der Waals surface area contributed by atoms with Gasteiger partial charge in [0.25, 0.3) is 10.3 Å². The van der Waals surface area contributed by atoms with Gasteiger partial charge < -0.3 is 4.90 Å². The zero-order chi connectivity index (χ0) is 14.9. The monoisotopic (exact) mass is 339 g/mol. The molecule has 0 amide bonds. The van der Waals surface area contributed by atoms with Gasteiger partial charge in [-0.1, -0.05) is 23.2 Å². The Kier molecular flexibility index (Phi) is 4.92. The molecule has 0 bridgehead atoms. The van der Waals surface area contributed by atoms with E-state index in [0.29, 0.717) is 41.8 Å². The Hall–Kier alpha value is -0.400. The summed E-state index contributed by atoms with van der Waals surface area (Å²) in [5.41, 5.74) is 0.884. The summed E-state index contributed by atoms with van der Waals surface area (Å²) in [7, 11) is -2.00. The fourth-order valence-electron chi connectivity index (χ4n) is 1.89. The van der Waals surface area contributed by atoms with E-state index in [1.165, 1.54) is 16.4 Å². The first-order valence-corrected chi connectivity index (χ1v) is 8.28. The van der Waals surface area contributed by atoms with Crippen molar-refractivity contribution in [3.63, 3.8) is 0 Å². The molecule has 2 rings (SSSR count). The van der Waals surface area contributed by atoms with Gasteiger partial charge in [0.15, 0.2) is 0 Å². The van der Waals surface area contributed by atoms with Crippen LogP contribution < -0.4 is 0 Å². The van der Waals surface area contributed by atoms with Crippen molar-refractivity contribution in [1.29, 1.82) is 0 Å². The molecule has 0 saturated carbocycles. The van der Waals surface area contributed by atoms with Crippen LogP contribution in [0.5, 0.6) is 0 Å². The van der Waals surface area contributed by atoms with E-state index in [4.69, 9.17) is 23.2 Å². The van der Waals surface area contributed by atoms with Crippen molar-refractivity contribution in [2.24, 2.45) is 4.36 Å². The molecule has 1 fully saturated rings. The number of likely N-dealkylation sites (N-methyl/N-ethyl adjacent to an activating group) is 1. The van der Waals surface area contributed by atoms with E-state index >= 15 is 0 Å². The maximum Gasteiger partial charge on any atom is 0.275 e. The van der Waals surface area contributed by atoms with Crippen LogP contribution in [0.4, 0.5) is 9.57 Å². The molecule has 1 aromatic carbocycles. The average molecular weight is 340 g/mol. The van der Waals surface area contributed by atoms with Gasteiger partial charge >= 0.3 is 0 Å². The van der Waals surface area contributed by atoms with E-state index in [1.54, 1.807) is 6.92 Å². The van der Waals surface area contributed by atoms with Crippen molar-refractivity contribution < 1.29 is 8.09 Å². The SMILES string of the molecule is Cc1c(Cl)cc(N=S(=O)(F)N2CCN(C)CC2)cc1Cl. The third-order valence-electron chi connectivity index (χ3n) is 3.26. The highest BCUT2D eigenvalue weighted by Crippen LogP contribution is 2.31. The summed E-state index contributed by atoms with van der Waals surface area (Å²) in [6.45, 7) is 3.82. The fourth-order valence-corrected chi connectivity index (χ4v) is 3.46. The maximum atomic E-state index is 14.3. The number of rotatable bonds is 2. The number of hydrogen-bond acceptors (Lipinski definition) is 3. The van der Waals surface area contributed by atoms with Crippen molar-refractivity contribution in [3.05, 3.63) is 27.7 Å². The lowest BCUT2D eigenvalue weighted by atomic mass is 10.2. The molecule has 1 saturated heterocycles. The van der Waals surface area contributed by atoms with Gasteiger partial charge in [-0.2, -0.15) is 12.9 Å². The van der Waals surface area contributed by atoms with Crippen LogP contribution in [0, 0.1) is 6.92 Å². The van der Waals surface area contributed by atoms with Crippen molar-refractivity contribution in [2.45, 2.75) is 6.92 Å². The van der Waals surface area contributed by atoms with Crippen molar-refractivity contribution >= 4 is 39.2 Å². The Labute approximate surface area is 129 Å². The van der Waals surface area contributed by atoms with Crippen molar-refractivity contribution in [2.75, 3.05) is 33.2 Å². The zero-order valence-corrected chi connectivity index (χ0v) is 13.6. The lowest BCUT2D eigenvalue weighted by Gasteiger charge is -2.30. The van der Waals surface area contributed by atoms with E-state index in [2.05, 4.69) is 4.36 Å². The predicted octanol–water partition coefficient (Wildman–Crippen LogP) is 3.45. The Morgan fingerprint density at radius 3 is 2.20 bits per heavy atom. The Morgan fingerprint density at radius 2 is 1.70 bits per heavy atom. The van der Waals surface area contributed by atoms with E-state index in [9.17, 15) is 8.09 Å². The standard InChI is InChI=1S/C12H16Cl2FN3OS/c1-9-11(13)7-10(8-12(9)14)16-20(15,19)18-5-3-17(2)4-6-18/h7-8H,3-6H2,1-2H3. The quantitative estimate of drug-likeness (QED) is 0.773. The topological polar surface area (TPSA) is 35.9 Å². The van der Waals surface area contributed by atoms with Gasteiger partial charge in [-0.3, -0.25) is 0 Å². The van der Waals surface area contributed by atoms with Crippen LogP contribution in [0.3, 0.4) is 0 Å². The second kappa shape index (κ2) is 6.15. The van der Waals surface area contributed by atoms with Gasteiger partial charge in [0.2, 0.25) is 0 Å². The van der Waals surface area contributed by atoms with E-state index in [1.807, 2.05) is 11.9 Å². The van der Waals surface area contributed by atoms with Gasteiger partial charge in [-0.15, -0.1) is 3.89 Å². The molecule has 0 aromatic heterocycles. The summed E-state index contributed by atoms with van der Waals surface area (Å²) in [5.74, 6) is 0. The number of piperazine rings is 1. The number of benzene rings is 1. The number of nitrogens with zero attached hydrogens (tertiary/aromatic N) is 3. The number of hydrogen-bond donors (Lipinski definition) is 0. The van der Waals surface area contributed by atoms with Gasteiger partial charge in [-0.05, 0) is 31.7 Å². The molecular weight excluding hydrogens is 324 g/mol. The molecule has 0 N–H and O–H groups in total. The molecule has 1 aliphatic heterocycles. The minimum absolute atomic E-state index is 0.192. The highest BCUT2D eigenvalue weighted by molar-refractivity contribution is 7.86. The minimum atomic E-state index is -3.94. The van der Waals surface area contributed by atoms with Gasteiger partial charge in [-0.25, -0.2) is 0 Å². The molecular formula is C12H16Cl2FN3OS. The van der Waals surface area contributed by atoms with E-state index in [-0.39, 0.29) is 5.69 Å². The molecule has 8 heteroatoms.